The van der Waals surface area contributed by atoms with E-state index in [0.29, 0.717) is 6.42 Å². The number of fused-ring (bicyclic) bond motifs is 1. The summed E-state index contributed by atoms with van der Waals surface area (Å²) < 4.78 is 0. The van der Waals surface area contributed by atoms with Gasteiger partial charge >= 0.3 is 0 Å². The number of benzene rings is 1. The van der Waals surface area contributed by atoms with Crippen molar-refractivity contribution in [3.8, 4) is 0 Å². The maximum Gasteiger partial charge on any atom is 0.0852 e. The van der Waals surface area contributed by atoms with E-state index < -0.39 is 6.10 Å². The molecule has 3 aromatic rings. The molecule has 2 aromatic heterocycles. The number of nitrogens with zero attached hydrogens (tertiary/aromatic N) is 2. The third-order valence-electron chi connectivity index (χ3n) is 3.36. The molecule has 0 saturated carbocycles. The van der Waals surface area contributed by atoms with E-state index in [1.165, 1.54) is 0 Å². The molecule has 0 radical (unpaired) electrons. The van der Waals surface area contributed by atoms with Gasteiger partial charge in [0.25, 0.3) is 0 Å². The number of aliphatic hydroxyl groups excluding tert-OH is 1. The number of aryl methyl sites for hydroxylation is 1. The van der Waals surface area contributed by atoms with Crippen molar-refractivity contribution < 1.29 is 5.11 Å². The molecule has 0 bridgehead atoms. The maximum absolute atomic E-state index is 10.5. The number of aliphatic hydroxyl groups is 1. The molecule has 2 heterocycles. The zero-order valence-corrected chi connectivity index (χ0v) is 11.3. The van der Waals surface area contributed by atoms with Crippen LogP contribution in [0.25, 0.3) is 10.9 Å². The fourth-order valence-electron chi connectivity index (χ4n) is 2.44. The van der Waals surface area contributed by atoms with E-state index in [9.17, 15) is 5.11 Å². The lowest BCUT2D eigenvalue weighted by molar-refractivity contribution is 0.178. The maximum atomic E-state index is 10.5. The van der Waals surface area contributed by atoms with Crippen LogP contribution in [0.2, 0.25) is 0 Å². The highest BCUT2D eigenvalue weighted by atomic mass is 16.3. The van der Waals surface area contributed by atoms with Crippen LogP contribution in [0.1, 0.15) is 23.1 Å². The predicted molar refractivity (Wildman–Crippen MR) is 79.4 cm³/mol. The first-order valence-electron chi connectivity index (χ1n) is 6.68. The number of hydrogen-bond donors (Lipinski definition) is 1. The van der Waals surface area contributed by atoms with Crippen molar-refractivity contribution in [2.75, 3.05) is 0 Å². The van der Waals surface area contributed by atoms with Crippen LogP contribution >= 0.6 is 0 Å². The number of pyridine rings is 2. The first-order chi connectivity index (χ1) is 9.74. The molecule has 0 spiro atoms. The minimum atomic E-state index is -0.573. The minimum absolute atomic E-state index is 0.508. The van der Waals surface area contributed by atoms with E-state index >= 15 is 0 Å². The summed E-state index contributed by atoms with van der Waals surface area (Å²) in [6.07, 6.45) is 1.68. The molecule has 0 aliphatic rings. The second-order valence-electron chi connectivity index (χ2n) is 4.91. The molecule has 0 aliphatic carbocycles. The SMILES string of the molecule is Cc1cc(C(O)Cc2ccccn2)c2ccccc2n1. The minimum Gasteiger partial charge on any atom is -0.388 e. The summed E-state index contributed by atoms with van der Waals surface area (Å²) in [5.41, 5.74) is 3.64. The normalized spacial score (nSPS) is 12.5. The van der Waals surface area contributed by atoms with Crippen LogP contribution in [0, 0.1) is 6.92 Å². The molecule has 1 aromatic carbocycles. The second-order valence-corrected chi connectivity index (χ2v) is 4.91. The molecule has 1 N–H and O–H groups in total. The van der Waals surface area contributed by atoms with Gasteiger partial charge in [-0.1, -0.05) is 24.3 Å². The van der Waals surface area contributed by atoms with E-state index in [-0.39, 0.29) is 0 Å². The number of hydrogen-bond acceptors (Lipinski definition) is 3. The molecule has 1 atom stereocenters. The van der Waals surface area contributed by atoms with Gasteiger partial charge in [-0.15, -0.1) is 0 Å². The summed E-state index contributed by atoms with van der Waals surface area (Å²) in [6.45, 7) is 1.95. The molecule has 1 unspecified atom stereocenters. The third kappa shape index (κ3) is 2.53. The Morgan fingerprint density at radius 1 is 1.10 bits per heavy atom. The van der Waals surface area contributed by atoms with Crippen molar-refractivity contribution in [1.29, 1.82) is 0 Å². The summed E-state index contributed by atoms with van der Waals surface area (Å²) in [6, 6.07) is 15.6. The lowest BCUT2D eigenvalue weighted by Crippen LogP contribution is -2.05. The lowest BCUT2D eigenvalue weighted by atomic mass is 9.99. The fraction of sp³-hybridized carbons (Fsp3) is 0.176. The third-order valence-corrected chi connectivity index (χ3v) is 3.36. The van der Waals surface area contributed by atoms with Gasteiger partial charge in [-0.25, -0.2) is 0 Å². The van der Waals surface area contributed by atoms with Gasteiger partial charge in [0.2, 0.25) is 0 Å². The molecular weight excluding hydrogens is 248 g/mol. The van der Waals surface area contributed by atoms with E-state index in [1.807, 2.05) is 55.5 Å². The zero-order valence-electron chi connectivity index (χ0n) is 11.3. The van der Waals surface area contributed by atoms with E-state index in [2.05, 4.69) is 9.97 Å². The highest BCUT2D eigenvalue weighted by Gasteiger charge is 2.13. The van der Waals surface area contributed by atoms with E-state index in [1.54, 1.807) is 6.20 Å². The number of aromatic nitrogens is 2. The Balaban J connectivity index is 2.01. The molecule has 0 fully saturated rings. The van der Waals surface area contributed by atoms with Crippen molar-refractivity contribution in [1.82, 2.24) is 9.97 Å². The van der Waals surface area contributed by atoms with E-state index in [4.69, 9.17) is 0 Å². The van der Waals surface area contributed by atoms with Crippen LogP contribution in [-0.4, -0.2) is 15.1 Å². The van der Waals surface area contributed by atoms with Crippen molar-refractivity contribution >= 4 is 10.9 Å². The highest BCUT2D eigenvalue weighted by Crippen LogP contribution is 2.26. The zero-order chi connectivity index (χ0) is 13.9. The van der Waals surface area contributed by atoms with Crippen LogP contribution in [-0.2, 0) is 6.42 Å². The molecular formula is C17H16N2O. The monoisotopic (exact) mass is 264 g/mol. The summed E-state index contributed by atoms with van der Waals surface area (Å²) in [5, 5.41) is 11.5. The Morgan fingerprint density at radius 3 is 2.70 bits per heavy atom. The van der Waals surface area contributed by atoms with Gasteiger partial charge in [0, 0.05) is 29.4 Å². The van der Waals surface area contributed by atoms with Crippen molar-refractivity contribution in [3.05, 3.63) is 71.7 Å². The molecule has 0 amide bonds. The van der Waals surface area contributed by atoms with Gasteiger partial charge in [-0.3, -0.25) is 9.97 Å². The second kappa shape index (κ2) is 5.39. The van der Waals surface area contributed by atoms with Gasteiger partial charge in [-0.05, 0) is 36.8 Å². The van der Waals surface area contributed by atoms with Crippen molar-refractivity contribution in [3.63, 3.8) is 0 Å². The summed E-state index contributed by atoms with van der Waals surface area (Å²) in [7, 11) is 0. The average Bonchev–Trinajstić information content (AvgIpc) is 2.47. The Bertz CT molecular complexity index is 725. The van der Waals surface area contributed by atoms with Crippen molar-refractivity contribution in [2.45, 2.75) is 19.4 Å². The fourth-order valence-corrected chi connectivity index (χ4v) is 2.44. The quantitative estimate of drug-likeness (QED) is 0.790. The summed E-state index contributed by atoms with van der Waals surface area (Å²) >= 11 is 0. The standard InChI is InChI=1S/C17H16N2O/c1-12-10-15(14-7-2-3-8-16(14)19-12)17(20)11-13-6-4-5-9-18-13/h2-10,17,20H,11H2,1H3. The van der Waals surface area contributed by atoms with Gasteiger partial charge in [0.15, 0.2) is 0 Å². The highest BCUT2D eigenvalue weighted by molar-refractivity contribution is 5.82. The number of para-hydroxylation sites is 1. The van der Waals surface area contributed by atoms with Crippen LogP contribution < -0.4 is 0 Å². The first-order valence-corrected chi connectivity index (χ1v) is 6.68. The first kappa shape index (κ1) is 12.8. The molecule has 3 nitrogen and oxygen atoms in total. The predicted octanol–water partition coefficient (Wildman–Crippen LogP) is 3.21. The Hall–Kier alpha value is -2.26. The van der Waals surface area contributed by atoms with Crippen LogP contribution in [0.4, 0.5) is 0 Å². The van der Waals surface area contributed by atoms with Crippen LogP contribution in [0.5, 0.6) is 0 Å². The summed E-state index contributed by atoms with van der Waals surface area (Å²) in [4.78, 5) is 8.77. The van der Waals surface area contributed by atoms with Gasteiger partial charge in [0.05, 0.1) is 11.6 Å². The van der Waals surface area contributed by atoms with Crippen LogP contribution in [0.3, 0.4) is 0 Å². The smallest absolute Gasteiger partial charge is 0.0852 e. The van der Waals surface area contributed by atoms with Gasteiger partial charge in [-0.2, -0.15) is 0 Å². The largest absolute Gasteiger partial charge is 0.388 e. The van der Waals surface area contributed by atoms with Crippen LogP contribution in [0.15, 0.2) is 54.7 Å². The molecule has 100 valence electrons. The molecule has 20 heavy (non-hydrogen) atoms. The topological polar surface area (TPSA) is 46.0 Å². The number of rotatable bonds is 3. The Labute approximate surface area is 117 Å². The van der Waals surface area contributed by atoms with Gasteiger partial charge < -0.3 is 5.11 Å². The molecule has 3 heteroatoms. The van der Waals surface area contributed by atoms with E-state index in [0.717, 1.165) is 27.9 Å². The summed E-state index contributed by atoms with van der Waals surface area (Å²) in [5.74, 6) is 0. The van der Waals surface area contributed by atoms with Gasteiger partial charge in [0.1, 0.15) is 0 Å². The molecule has 0 aliphatic heterocycles. The average molecular weight is 264 g/mol. The Kier molecular flexibility index (Phi) is 3.44. The van der Waals surface area contributed by atoms with Crippen molar-refractivity contribution in [2.24, 2.45) is 0 Å². The molecule has 0 saturated heterocycles. The lowest BCUT2D eigenvalue weighted by Gasteiger charge is -2.14. The Morgan fingerprint density at radius 2 is 1.90 bits per heavy atom. The molecule has 3 rings (SSSR count).